The van der Waals surface area contributed by atoms with Crippen molar-refractivity contribution in [1.82, 2.24) is 9.38 Å². The Bertz CT molecular complexity index is 844. The molecule has 0 atom stereocenters. The Balaban J connectivity index is 1.86. The molecule has 4 heteroatoms. The molecule has 0 aliphatic heterocycles. The topological polar surface area (TPSA) is 17.3 Å². The van der Waals surface area contributed by atoms with E-state index in [1.165, 1.54) is 56.9 Å². The Kier molecular flexibility index (Phi) is 1.96. The lowest BCUT2D eigenvalue weighted by atomic mass is 10.1. The van der Waals surface area contributed by atoms with Gasteiger partial charge in [-0.3, -0.25) is 4.40 Å². The summed E-state index contributed by atoms with van der Waals surface area (Å²) in [6, 6.07) is 6.43. The van der Waals surface area contributed by atoms with Crippen molar-refractivity contribution in [1.29, 1.82) is 0 Å². The van der Waals surface area contributed by atoms with Crippen molar-refractivity contribution in [3.05, 3.63) is 44.5 Å². The largest absolute Gasteiger partial charge is 0.290 e. The van der Waals surface area contributed by atoms with Crippen LogP contribution >= 0.6 is 27.3 Å². The number of nitrogens with zero attached hydrogens (tertiary/aromatic N) is 2. The van der Waals surface area contributed by atoms with Crippen LogP contribution in [0.15, 0.2) is 22.7 Å². The van der Waals surface area contributed by atoms with E-state index in [9.17, 15) is 0 Å². The van der Waals surface area contributed by atoms with Crippen molar-refractivity contribution in [3.63, 3.8) is 0 Å². The van der Waals surface area contributed by atoms with Gasteiger partial charge < -0.3 is 0 Å². The highest BCUT2D eigenvalue weighted by atomic mass is 79.9. The second-order valence-corrected chi connectivity index (χ2v) is 7.21. The predicted molar refractivity (Wildman–Crippen MR) is 81.0 cm³/mol. The third-order valence-electron chi connectivity index (χ3n) is 4.28. The van der Waals surface area contributed by atoms with Crippen LogP contribution in [0.3, 0.4) is 0 Å². The summed E-state index contributed by atoms with van der Waals surface area (Å²) in [5.41, 5.74) is 6.84. The summed E-state index contributed by atoms with van der Waals surface area (Å²) in [6.07, 6.45) is 4.78. The lowest BCUT2D eigenvalue weighted by molar-refractivity contribution is 0.877. The predicted octanol–water partition coefficient (Wildman–Crippen LogP) is 4.22. The number of hydrogen-bond donors (Lipinski definition) is 0. The summed E-state index contributed by atoms with van der Waals surface area (Å²) >= 11 is 5.56. The number of benzene rings is 1. The van der Waals surface area contributed by atoms with E-state index in [0.717, 1.165) is 6.42 Å². The fourth-order valence-electron chi connectivity index (χ4n) is 3.44. The number of fused-ring (bicyclic) bond motifs is 7. The fourth-order valence-corrected chi connectivity index (χ4v) is 5.17. The molecule has 2 aliphatic carbocycles. The van der Waals surface area contributed by atoms with Crippen LogP contribution in [0.4, 0.5) is 0 Å². The summed E-state index contributed by atoms with van der Waals surface area (Å²) in [4.78, 5) is 7.65. The van der Waals surface area contributed by atoms with Crippen LogP contribution in [0.1, 0.15) is 28.2 Å². The molecule has 2 aliphatic rings. The van der Waals surface area contributed by atoms with Crippen LogP contribution < -0.4 is 0 Å². The summed E-state index contributed by atoms with van der Waals surface area (Å²) in [7, 11) is 0. The second-order valence-electron chi connectivity index (χ2n) is 5.29. The van der Waals surface area contributed by atoms with E-state index in [0.29, 0.717) is 0 Å². The van der Waals surface area contributed by atoms with Crippen molar-refractivity contribution in [2.45, 2.75) is 25.7 Å². The molecule has 2 aromatic heterocycles. The van der Waals surface area contributed by atoms with Gasteiger partial charge in [-0.05, 0) is 30.9 Å². The van der Waals surface area contributed by atoms with Crippen molar-refractivity contribution >= 4 is 32.2 Å². The third-order valence-corrected chi connectivity index (χ3v) is 6.17. The Hall–Kier alpha value is -1.13. The quantitative estimate of drug-likeness (QED) is 0.472. The Morgan fingerprint density at radius 3 is 3.11 bits per heavy atom. The van der Waals surface area contributed by atoms with Crippen molar-refractivity contribution in [3.8, 4) is 11.3 Å². The molecule has 0 saturated carbocycles. The molecule has 0 unspecified atom stereocenters. The molecule has 2 heterocycles. The van der Waals surface area contributed by atoms with Crippen LogP contribution in [0.5, 0.6) is 0 Å². The van der Waals surface area contributed by atoms with E-state index in [-0.39, 0.29) is 0 Å². The van der Waals surface area contributed by atoms with Crippen LogP contribution in [-0.4, -0.2) is 9.38 Å². The average molecular weight is 331 g/mol. The van der Waals surface area contributed by atoms with Gasteiger partial charge in [-0.2, -0.15) is 0 Å². The van der Waals surface area contributed by atoms with E-state index >= 15 is 0 Å². The molecule has 2 nitrogen and oxygen atoms in total. The molecule has 0 bridgehead atoms. The van der Waals surface area contributed by atoms with Gasteiger partial charge in [0, 0.05) is 27.0 Å². The summed E-state index contributed by atoms with van der Waals surface area (Å²) < 4.78 is 3.65. The zero-order valence-corrected chi connectivity index (χ0v) is 12.6. The van der Waals surface area contributed by atoms with E-state index in [4.69, 9.17) is 4.98 Å². The van der Waals surface area contributed by atoms with Crippen LogP contribution in [-0.2, 0) is 19.3 Å². The lowest BCUT2D eigenvalue weighted by Gasteiger charge is -2.01. The van der Waals surface area contributed by atoms with Gasteiger partial charge in [-0.25, -0.2) is 4.98 Å². The van der Waals surface area contributed by atoms with Crippen molar-refractivity contribution in [2.75, 3.05) is 0 Å². The van der Waals surface area contributed by atoms with Gasteiger partial charge in [0.15, 0.2) is 4.96 Å². The van der Waals surface area contributed by atoms with Crippen LogP contribution in [0, 0.1) is 0 Å². The first-order valence-electron chi connectivity index (χ1n) is 6.62. The molecular weight excluding hydrogens is 320 g/mol. The van der Waals surface area contributed by atoms with Gasteiger partial charge in [-0.15, -0.1) is 11.3 Å². The number of aromatic nitrogens is 2. The first-order chi connectivity index (χ1) is 9.33. The first-order valence-corrected chi connectivity index (χ1v) is 8.23. The fraction of sp³-hybridized carbons (Fsp3) is 0.267. The van der Waals surface area contributed by atoms with E-state index in [1.54, 1.807) is 4.88 Å². The molecule has 0 spiro atoms. The van der Waals surface area contributed by atoms with Crippen LogP contribution in [0.2, 0.25) is 0 Å². The lowest BCUT2D eigenvalue weighted by Crippen LogP contribution is -1.94. The number of hydrogen-bond acceptors (Lipinski definition) is 2. The van der Waals surface area contributed by atoms with Crippen molar-refractivity contribution < 1.29 is 0 Å². The van der Waals surface area contributed by atoms with E-state index < -0.39 is 0 Å². The number of rotatable bonds is 0. The summed E-state index contributed by atoms with van der Waals surface area (Å²) in [6.45, 7) is 0. The number of thiazole rings is 1. The minimum absolute atomic E-state index is 1.01. The van der Waals surface area contributed by atoms with Gasteiger partial charge in [-0.1, -0.05) is 28.1 Å². The smallest absolute Gasteiger partial charge is 0.194 e. The highest BCUT2D eigenvalue weighted by molar-refractivity contribution is 9.10. The Morgan fingerprint density at radius 2 is 2.16 bits per heavy atom. The van der Waals surface area contributed by atoms with Crippen molar-refractivity contribution in [2.24, 2.45) is 0 Å². The summed E-state index contributed by atoms with van der Waals surface area (Å²) in [5, 5.41) is 0. The molecule has 1 aromatic carbocycles. The number of halogens is 1. The number of imidazole rings is 1. The molecule has 0 N–H and O–H groups in total. The van der Waals surface area contributed by atoms with Crippen LogP contribution in [0.25, 0.3) is 16.2 Å². The van der Waals surface area contributed by atoms with E-state index in [2.05, 4.69) is 38.5 Å². The van der Waals surface area contributed by atoms with Gasteiger partial charge in [0.1, 0.15) is 0 Å². The minimum atomic E-state index is 1.01. The highest BCUT2D eigenvalue weighted by Crippen LogP contribution is 2.43. The van der Waals surface area contributed by atoms with Gasteiger partial charge in [0.25, 0.3) is 0 Å². The summed E-state index contributed by atoms with van der Waals surface area (Å²) in [5.74, 6) is 0. The molecule has 19 heavy (non-hydrogen) atoms. The molecular formula is C15H11BrN2S. The second kappa shape index (κ2) is 3.49. The third kappa shape index (κ3) is 1.24. The highest BCUT2D eigenvalue weighted by Gasteiger charge is 2.29. The molecule has 0 radical (unpaired) electrons. The Morgan fingerprint density at radius 1 is 1.21 bits per heavy atom. The monoisotopic (exact) mass is 330 g/mol. The molecule has 0 fully saturated rings. The molecule has 5 rings (SSSR count). The molecule has 0 saturated heterocycles. The maximum atomic E-state index is 4.90. The molecule has 94 valence electrons. The van der Waals surface area contributed by atoms with Gasteiger partial charge in [0.05, 0.1) is 11.4 Å². The maximum absolute atomic E-state index is 4.90. The number of aryl methyl sites for hydroxylation is 2. The standard InChI is InChI=1S/C15H11BrN2S/c16-10-4-1-3-8-9(10)7-12-14(8)17-15-18(12)11-5-2-6-13(11)19-15/h1,3-4H,2,5-7H2. The zero-order chi connectivity index (χ0) is 12.6. The average Bonchev–Trinajstić information content (AvgIpc) is 3.06. The first kappa shape index (κ1) is 10.6. The SMILES string of the molecule is Brc1cccc2c1Cc1c-2nc2sc3c(n12)CCC3. The van der Waals surface area contributed by atoms with Gasteiger partial charge >= 0.3 is 0 Å². The molecule has 3 aromatic rings. The maximum Gasteiger partial charge on any atom is 0.194 e. The molecule has 0 amide bonds. The minimum Gasteiger partial charge on any atom is -0.290 e. The normalized spacial score (nSPS) is 15.8. The van der Waals surface area contributed by atoms with E-state index in [1.807, 2.05) is 11.3 Å². The Labute approximate surface area is 123 Å². The van der Waals surface area contributed by atoms with Gasteiger partial charge in [0.2, 0.25) is 0 Å². The zero-order valence-electron chi connectivity index (χ0n) is 10.2.